The summed E-state index contributed by atoms with van der Waals surface area (Å²) in [4.78, 5) is 23.0. The fourth-order valence-corrected chi connectivity index (χ4v) is 4.43. The average molecular weight is 318 g/mol. The number of allylic oxidation sites excluding steroid dienone is 3. The Morgan fingerprint density at radius 2 is 2.04 bits per heavy atom. The second-order valence-electron chi connectivity index (χ2n) is 7.46. The van der Waals surface area contributed by atoms with E-state index in [1.807, 2.05) is 0 Å². The van der Waals surface area contributed by atoms with Crippen LogP contribution in [0, 0.1) is 23.7 Å². The quantitative estimate of drug-likeness (QED) is 0.642. The molecule has 1 N–H and O–H groups in total. The molecule has 1 unspecified atom stereocenters. The number of aliphatic hydroxyl groups is 1. The van der Waals surface area contributed by atoms with E-state index in [2.05, 4.69) is 32.1 Å². The number of cyclic esters (lactones) is 1. The highest BCUT2D eigenvalue weighted by Gasteiger charge is 2.39. The summed E-state index contributed by atoms with van der Waals surface area (Å²) in [6.07, 6.45) is 8.70. The Kier molecular flexibility index (Phi) is 4.72. The van der Waals surface area contributed by atoms with Crippen molar-refractivity contribution in [3.05, 3.63) is 23.8 Å². The summed E-state index contributed by atoms with van der Waals surface area (Å²) in [5.41, 5.74) is 1.25. The molecule has 0 aromatic rings. The first-order chi connectivity index (χ1) is 10.9. The Hall–Kier alpha value is -1.42. The molecule has 1 saturated heterocycles. The van der Waals surface area contributed by atoms with Crippen LogP contribution in [-0.2, 0) is 14.3 Å². The molecule has 4 heteroatoms. The van der Waals surface area contributed by atoms with E-state index in [9.17, 15) is 14.7 Å². The molecule has 3 rings (SSSR count). The number of fused-ring (bicyclic) bond motifs is 1. The number of rotatable bonds is 3. The molecular weight excluding hydrogens is 292 g/mol. The van der Waals surface area contributed by atoms with Gasteiger partial charge in [-0.3, -0.25) is 9.59 Å². The van der Waals surface area contributed by atoms with E-state index in [4.69, 9.17) is 4.74 Å². The first-order valence-electron chi connectivity index (χ1n) is 8.73. The minimum absolute atomic E-state index is 0.0186. The molecule has 0 aromatic carbocycles. The van der Waals surface area contributed by atoms with Crippen molar-refractivity contribution in [3.63, 3.8) is 0 Å². The van der Waals surface area contributed by atoms with Crippen LogP contribution in [0.3, 0.4) is 0 Å². The Morgan fingerprint density at radius 3 is 2.78 bits per heavy atom. The predicted molar refractivity (Wildman–Crippen MR) is 86.5 cm³/mol. The summed E-state index contributed by atoms with van der Waals surface area (Å²) in [6, 6.07) is 0. The number of ether oxygens (including phenoxy) is 1. The van der Waals surface area contributed by atoms with Crippen molar-refractivity contribution in [1.82, 2.24) is 0 Å². The lowest BCUT2D eigenvalue weighted by molar-refractivity contribution is -0.158. The van der Waals surface area contributed by atoms with Crippen molar-refractivity contribution < 1.29 is 19.4 Å². The van der Waals surface area contributed by atoms with E-state index >= 15 is 0 Å². The molecule has 1 aliphatic heterocycles. The lowest BCUT2D eigenvalue weighted by Crippen LogP contribution is -2.39. The highest BCUT2D eigenvalue weighted by Crippen LogP contribution is 2.43. The molecule has 4 nitrogen and oxygen atoms in total. The number of ketones is 1. The Bertz CT molecular complexity index is 532. The molecule has 2 aliphatic carbocycles. The SMILES string of the molecule is C[C@H]1C=C2C=C[C@H](C)[C@H](CCC3CC(=O)CC(=O)O3)[C@H]2[C@@H](O)C1. The fraction of sp³-hybridized carbons (Fsp3) is 0.684. The van der Waals surface area contributed by atoms with E-state index in [0.29, 0.717) is 30.6 Å². The lowest BCUT2D eigenvalue weighted by Gasteiger charge is -2.42. The second-order valence-corrected chi connectivity index (χ2v) is 7.46. The average Bonchev–Trinajstić information content (AvgIpc) is 2.45. The summed E-state index contributed by atoms with van der Waals surface area (Å²) in [5, 5.41) is 10.6. The third-order valence-electron chi connectivity index (χ3n) is 5.54. The zero-order valence-corrected chi connectivity index (χ0v) is 13.9. The smallest absolute Gasteiger partial charge is 0.313 e. The second kappa shape index (κ2) is 6.60. The van der Waals surface area contributed by atoms with Crippen molar-refractivity contribution >= 4 is 11.8 Å². The van der Waals surface area contributed by atoms with Crippen LogP contribution in [0.5, 0.6) is 0 Å². The Morgan fingerprint density at radius 1 is 1.26 bits per heavy atom. The van der Waals surface area contributed by atoms with Gasteiger partial charge in [0.25, 0.3) is 0 Å². The van der Waals surface area contributed by atoms with Crippen LogP contribution in [-0.4, -0.2) is 29.1 Å². The first kappa shape index (κ1) is 16.4. The van der Waals surface area contributed by atoms with Gasteiger partial charge >= 0.3 is 5.97 Å². The number of hydrogen-bond donors (Lipinski definition) is 1. The monoisotopic (exact) mass is 318 g/mol. The highest BCUT2D eigenvalue weighted by atomic mass is 16.5. The molecule has 0 aromatic heterocycles. The normalized spacial score (nSPS) is 40.4. The fourth-order valence-electron chi connectivity index (χ4n) is 4.43. The molecule has 126 valence electrons. The maximum Gasteiger partial charge on any atom is 0.313 e. The molecule has 1 fully saturated rings. The van der Waals surface area contributed by atoms with Crippen LogP contribution in [0.25, 0.3) is 0 Å². The Balaban J connectivity index is 1.69. The number of carbonyl (C=O) groups is 2. The van der Waals surface area contributed by atoms with Crippen LogP contribution >= 0.6 is 0 Å². The molecule has 3 aliphatic rings. The third kappa shape index (κ3) is 3.57. The third-order valence-corrected chi connectivity index (χ3v) is 5.54. The van der Waals surface area contributed by atoms with E-state index in [1.165, 1.54) is 5.57 Å². The number of Topliss-reactive ketones (excluding diaryl/α,β-unsaturated/α-hetero) is 1. The maximum atomic E-state index is 11.6. The number of carbonyl (C=O) groups excluding carboxylic acids is 2. The zero-order chi connectivity index (χ0) is 16.6. The summed E-state index contributed by atoms with van der Waals surface area (Å²) in [7, 11) is 0. The van der Waals surface area contributed by atoms with Gasteiger partial charge in [-0.25, -0.2) is 0 Å². The largest absolute Gasteiger partial charge is 0.462 e. The van der Waals surface area contributed by atoms with Crippen LogP contribution < -0.4 is 0 Å². The zero-order valence-electron chi connectivity index (χ0n) is 13.9. The van der Waals surface area contributed by atoms with Gasteiger partial charge in [0.15, 0.2) is 0 Å². The van der Waals surface area contributed by atoms with E-state index in [-0.39, 0.29) is 30.3 Å². The minimum Gasteiger partial charge on any atom is -0.462 e. The number of esters is 1. The van der Waals surface area contributed by atoms with Gasteiger partial charge < -0.3 is 9.84 Å². The molecule has 0 amide bonds. The Labute approximate surface area is 137 Å². The summed E-state index contributed by atoms with van der Waals surface area (Å²) < 4.78 is 5.31. The molecule has 0 spiro atoms. The molecule has 0 bridgehead atoms. The van der Waals surface area contributed by atoms with Gasteiger partial charge in [-0.15, -0.1) is 0 Å². The van der Waals surface area contributed by atoms with Gasteiger partial charge in [0.2, 0.25) is 0 Å². The van der Waals surface area contributed by atoms with Gasteiger partial charge in [0, 0.05) is 12.3 Å². The van der Waals surface area contributed by atoms with Crippen molar-refractivity contribution in [3.8, 4) is 0 Å². The lowest BCUT2D eigenvalue weighted by atomic mass is 9.65. The highest BCUT2D eigenvalue weighted by molar-refractivity contribution is 5.97. The number of hydrogen-bond acceptors (Lipinski definition) is 4. The van der Waals surface area contributed by atoms with E-state index in [1.54, 1.807) is 0 Å². The van der Waals surface area contributed by atoms with Crippen molar-refractivity contribution in [2.24, 2.45) is 23.7 Å². The molecule has 0 radical (unpaired) electrons. The van der Waals surface area contributed by atoms with Crippen molar-refractivity contribution in [2.75, 3.05) is 0 Å². The molecule has 1 heterocycles. The van der Waals surface area contributed by atoms with Crippen LogP contribution in [0.15, 0.2) is 23.8 Å². The van der Waals surface area contributed by atoms with Crippen molar-refractivity contribution in [2.45, 2.75) is 58.2 Å². The van der Waals surface area contributed by atoms with Crippen molar-refractivity contribution in [1.29, 1.82) is 0 Å². The molecular formula is C19H26O4. The van der Waals surface area contributed by atoms with Gasteiger partial charge in [0.1, 0.15) is 18.3 Å². The van der Waals surface area contributed by atoms with Gasteiger partial charge in [-0.05, 0) is 42.6 Å². The van der Waals surface area contributed by atoms with Gasteiger partial charge in [-0.1, -0.05) is 32.1 Å². The summed E-state index contributed by atoms with van der Waals surface area (Å²) in [6.45, 7) is 4.32. The summed E-state index contributed by atoms with van der Waals surface area (Å²) in [5.74, 6) is 0.887. The van der Waals surface area contributed by atoms with Gasteiger partial charge in [-0.2, -0.15) is 0 Å². The van der Waals surface area contributed by atoms with Crippen LogP contribution in [0.1, 0.15) is 46.0 Å². The number of aliphatic hydroxyl groups excluding tert-OH is 1. The molecule has 23 heavy (non-hydrogen) atoms. The van der Waals surface area contributed by atoms with E-state index < -0.39 is 5.97 Å². The van der Waals surface area contributed by atoms with Crippen LogP contribution in [0.2, 0.25) is 0 Å². The first-order valence-corrected chi connectivity index (χ1v) is 8.73. The van der Waals surface area contributed by atoms with Crippen LogP contribution in [0.4, 0.5) is 0 Å². The summed E-state index contributed by atoms with van der Waals surface area (Å²) >= 11 is 0. The predicted octanol–water partition coefficient (Wildman–Crippen LogP) is 2.81. The molecule has 0 saturated carbocycles. The van der Waals surface area contributed by atoms with E-state index in [0.717, 1.165) is 12.8 Å². The minimum atomic E-state index is -0.394. The standard InChI is InChI=1S/C19H26O4/c1-11-7-13-4-3-12(2)16(19(13)17(21)8-11)6-5-15-9-14(20)10-18(22)23-15/h3-4,7,11-12,15-17,19,21H,5-6,8-10H2,1-2H3/t11-,12-,15?,16-,17-,19-/m0/s1. The topological polar surface area (TPSA) is 63.6 Å². The van der Waals surface area contributed by atoms with Gasteiger partial charge in [0.05, 0.1) is 6.10 Å². The molecule has 6 atom stereocenters. The maximum absolute atomic E-state index is 11.6.